The second-order valence-corrected chi connectivity index (χ2v) is 6.31. The second kappa shape index (κ2) is 3.71. The van der Waals surface area contributed by atoms with Crippen molar-refractivity contribution in [1.82, 2.24) is 19.5 Å². The Labute approximate surface area is 127 Å². The third-order valence-corrected chi connectivity index (χ3v) is 4.82. The fraction of sp³-hybridized carbons (Fsp3) is 0.167. The summed E-state index contributed by atoms with van der Waals surface area (Å²) in [5.74, 6) is 0. The Kier molecular flexibility index (Phi) is 2.00. The first-order valence-electron chi connectivity index (χ1n) is 7.38. The molecule has 0 amide bonds. The Balaban J connectivity index is 2.15. The Morgan fingerprint density at radius 3 is 2.73 bits per heavy atom. The van der Waals surface area contributed by atoms with Gasteiger partial charge in [0.25, 0.3) is 0 Å². The van der Waals surface area contributed by atoms with Crippen LogP contribution in [0.5, 0.6) is 0 Å². The van der Waals surface area contributed by atoms with Gasteiger partial charge < -0.3 is 0 Å². The molecule has 0 saturated heterocycles. The average Bonchev–Trinajstić information content (AvgIpc) is 2.88. The van der Waals surface area contributed by atoms with Crippen LogP contribution in [-0.4, -0.2) is 19.5 Å². The SMILES string of the molecule is CC1(C)c2ccncc2-n2c3ncccc3c3cncc1c32. The third-order valence-electron chi connectivity index (χ3n) is 4.82. The van der Waals surface area contributed by atoms with Crippen molar-refractivity contribution in [3.63, 3.8) is 0 Å². The van der Waals surface area contributed by atoms with Crippen LogP contribution in [0.3, 0.4) is 0 Å². The molecular formula is C18H14N4. The zero-order valence-corrected chi connectivity index (χ0v) is 12.4. The normalized spacial score (nSPS) is 15.2. The molecule has 0 aliphatic carbocycles. The summed E-state index contributed by atoms with van der Waals surface area (Å²) in [5.41, 5.74) is 5.68. The maximum absolute atomic E-state index is 4.62. The maximum atomic E-state index is 4.62. The van der Waals surface area contributed by atoms with Gasteiger partial charge in [0.2, 0.25) is 0 Å². The van der Waals surface area contributed by atoms with E-state index in [9.17, 15) is 0 Å². The summed E-state index contributed by atoms with van der Waals surface area (Å²) >= 11 is 0. The molecule has 5 heterocycles. The molecule has 0 aromatic carbocycles. The highest BCUT2D eigenvalue weighted by atomic mass is 15.1. The van der Waals surface area contributed by atoms with Crippen LogP contribution < -0.4 is 0 Å². The van der Waals surface area contributed by atoms with Gasteiger partial charge in [-0.15, -0.1) is 0 Å². The number of rotatable bonds is 0. The van der Waals surface area contributed by atoms with Crippen LogP contribution in [0.4, 0.5) is 0 Å². The number of aromatic nitrogens is 4. The summed E-state index contributed by atoms with van der Waals surface area (Å²) < 4.78 is 2.23. The topological polar surface area (TPSA) is 43.6 Å². The van der Waals surface area contributed by atoms with E-state index in [1.807, 2.05) is 37.1 Å². The Bertz CT molecular complexity index is 1060. The van der Waals surface area contributed by atoms with Crippen LogP contribution >= 0.6 is 0 Å². The third kappa shape index (κ3) is 1.21. The van der Waals surface area contributed by atoms with Crippen molar-refractivity contribution in [3.8, 4) is 5.69 Å². The highest BCUT2D eigenvalue weighted by molar-refractivity contribution is 6.09. The Morgan fingerprint density at radius 1 is 0.909 bits per heavy atom. The fourth-order valence-electron chi connectivity index (χ4n) is 3.71. The highest BCUT2D eigenvalue weighted by Gasteiger charge is 2.35. The van der Waals surface area contributed by atoms with Crippen LogP contribution in [0.25, 0.3) is 27.6 Å². The van der Waals surface area contributed by atoms with E-state index >= 15 is 0 Å². The minimum Gasteiger partial charge on any atom is -0.292 e. The van der Waals surface area contributed by atoms with E-state index in [0.717, 1.165) is 22.1 Å². The molecule has 4 heteroatoms. The van der Waals surface area contributed by atoms with Crippen molar-refractivity contribution >= 4 is 21.9 Å². The average molecular weight is 286 g/mol. The first-order chi connectivity index (χ1) is 10.7. The molecule has 0 radical (unpaired) electrons. The van der Waals surface area contributed by atoms with E-state index in [0.29, 0.717) is 0 Å². The van der Waals surface area contributed by atoms with Crippen LogP contribution in [-0.2, 0) is 5.41 Å². The lowest BCUT2D eigenvalue weighted by atomic mass is 9.76. The van der Waals surface area contributed by atoms with E-state index in [2.05, 4.69) is 45.5 Å². The predicted molar refractivity (Wildman–Crippen MR) is 86.3 cm³/mol. The van der Waals surface area contributed by atoms with Gasteiger partial charge in [-0.25, -0.2) is 4.98 Å². The van der Waals surface area contributed by atoms with E-state index < -0.39 is 0 Å². The molecule has 5 rings (SSSR count). The minimum atomic E-state index is -0.102. The van der Waals surface area contributed by atoms with Gasteiger partial charge in [0.1, 0.15) is 5.65 Å². The second-order valence-electron chi connectivity index (χ2n) is 6.31. The molecule has 22 heavy (non-hydrogen) atoms. The number of pyridine rings is 3. The number of nitrogens with zero attached hydrogens (tertiary/aromatic N) is 4. The Morgan fingerprint density at radius 2 is 1.82 bits per heavy atom. The van der Waals surface area contributed by atoms with Gasteiger partial charge in [0.05, 0.1) is 17.4 Å². The molecule has 0 spiro atoms. The summed E-state index contributed by atoms with van der Waals surface area (Å²) in [6.45, 7) is 4.49. The van der Waals surface area contributed by atoms with Crippen LogP contribution in [0, 0.1) is 0 Å². The quantitative estimate of drug-likeness (QED) is 0.496. The van der Waals surface area contributed by atoms with Gasteiger partial charge in [-0.1, -0.05) is 13.8 Å². The highest BCUT2D eigenvalue weighted by Crippen LogP contribution is 2.45. The molecule has 1 aliphatic heterocycles. The molecule has 4 nitrogen and oxygen atoms in total. The summed E-state index contributed by atoms with van der Waals surface area (Å²) in [6.07, 6.45) is 9.57. The molecule has 0 atom stereocenters. The van der Waals surface area contributed by atoms with Gasteiger partial charge >= 0.3 is 0 Å². The van der Waals surface area contributed by atoms with Crippen molar-refractivity contribution in [2.45, 2.75) is 19.3 Å². The zero-order valence-electron chi connectivity index (χ0n) is 12.4. The standard InChI is InChI=1S/C18H14N4/c1-18(2)13-5-7-19-10-15(13)22-16-12(8-20-9-14(16)18)11-4-3-6-21-17(11)22/h3-10H,1-2H3. The molecule has 0 saturated carbocycles. The number of fused-ring (bicyclic) bond motifs is 5. The van der Waals surface area contributed by atoms with Crippen molar-refractivity contribution in [1.29, 1.82) is 0 Å². The van der Waals surface area contributed by atoms with Crippen molar-refractivity contribution in [2.75, 3.05) is 0 Å². The van der Waals surface area contributed by atoms with Crippen LogP contribution in [0.2, 0.25) is 0 Å². The summed E-state index contributed by atoms with van der Waals surface area (Å²) in [7, 11) is 0. The number of hydrogen-bond donors (Lipinski definition) is 0. The Hall–Kier alpha value is -2.75. The molecule has 0 fully saturated rings. The van der Waals surface area contributed by atoms with Crippen molar-refractivity contribution < 1.29 is 0 Å². The van der Waals surface area contributed by atoms with Crippen LogP contribution in [0.15, 0.2) is 49.2 Å². The molecule has 0 unspecified atom stereocenters. The fourth-order valence-corrected chi connectivity index (χ4v) is 3.71. The monoisotopic (exact) mass is 286 g/mol. The summed E-state index contributed by atoms with van der Waals surface area (Å²) in [4.78, 5) is 13.5. The van der Waals surface area contributed by atoms with Gasteiger partial charge in [-0.3, -0.25) is 14.5 Å². The minimum absolute atomic E-state index is 0.102. The molecular weight excluding hydrogens is 272 g/mol. The first kappa shape index (κ1) is 11.9. The van der Waals surface area contributed by atoms with Crippen molar-refractivity contribution in [3.05, 3.63) is 60.3 Å². The zero-order chi connectivity index (χ0) is 14.9. The summed E-state index contributed by atoms with van der Waals surface area (Å²) in [5, 5.41) is 2.29. The van der Waals surface area contributed by atoms with Gasteiger partial charge in [0.15, 0.2) is 0 Å². The molecule has 1 aliphatic rings. The van der Waals surface area contributed by atoms with E-state index in [1.54, 1.807) is 0 Å². The summed E-state index contributed by atoms with van der Waals surface area (Å²) in [6, 6.07) is 6.19. The lowest BCUT2D eigenvalue weighted by Crippen LogP contribution is -2.26. The van der Waals surface area contributed by atoms with E-state index in [1.165, 1.54) is 16.6 Å². The lowest BCUT2D eigenvalue weighted by molar-refractivity contribution is 0.625. The van der Waals surface area contributed by atoms with Crippen molar-refractivity contribution in [2.24, 2.45) is 0 Å². The van der Waals surface area contributed by atoms with Gasteiger partial charge in [-0.05, 0) is 23.8 Å². The van der Waals surface area contributed by atoms with Gasteiger partial charge in [-0.2, -0.15) is 0 Å². The van der Waals surface area contributed by atoms with E-state index in [-0.39, 0.29) is 5.41 Å². The first-order valence-corrected chi connectivity index (χ1v) is 7.38. The molecule has 0 bridgehead atoms. The van der Waals surface area contributed by atoms with Gasteiger partial charge in [0, 0.05) is 46.5 Å². The molecule has 106 valence electrons. The largest absolute Gasteiger partial charge is 0.292 e. The molecule has 4 aromatic rings. The smallest absolute Gasteiger partial charge is 0.145 e. The van der Waals surface area contributed by atoms with Crippen LogP contribution in [0.1, 0.15) is 25.0 Å². The maximum Gasteiger partial charge on any atom is 0.145 e. The number of hydrogen-bond acceptors (Lipinski definition) is 3. The van der Waals surface area contributed by atoms with E-state index in [4.69, 9.17) is 0 Å². The predicted octanol–water partition coefficient (Wildman–Crippen LogP) is 3.61. The molecule has 4 aromatic heterocycles. The molecule has 0 N–H and O–H groups in total. The lowest BCUT2D eigenvalue weighted by Gasteiger charge is -2.33.